The third kappa shape index (κ3) is 13.2. The second-order valence-electron chi connectivity index (χ2n) is 4.00. The fourth-order valence-electron chi connectivity index (χ4n) is 1.38. The summed E-state index contributed by atoms with van der Waals surface area (Å²) < 4.78 is 10.3. The van der Waals surface area contributed by atoms with Gasteiger partial charge in [-0.15, -0.1) is 0 Å². The quantitative estimate of drug-likeness (QED) is 0.259. The van der Waals surface area contributed by atoms with Crippen molar-refractivity contribution < 1.29 is 9.47 Å². The maximum atomic E-state index is 5.38. The van der Waals surface area contributed by atoms with Gasteiger partial charge in [-0.2, -0.15) is 0 Å². The van der Waals surface area contributed by atoms with E-state index in [1.54, 1.807) is 7.11 Å². The molecule has 0 atom stereocenters. The first kappa shape index (κ1) is 17.9. The summed E-state index contributed by atoms with van der Waals surface area (Å²) in [6.07, 6.45) is 6.14. The van der Waals surface area contributed by atoms with E-state index in [-0.39, 0.29) is 0 Å². The van der Waals surface area contributed by atoms with Crippen LogP contribution < -0.4 is 10.6 Å². The van der Waals surface area contributed by atoms with Crippen molar-refractivity contribution in [1.29, 1.82) is 0 Å². The molecule has 0 aliphatic carbocycles. The summed E-state index contributed by atoms with van der Waals surface area (Å²) in [5, 5.41) is 6.52. The number of ether oxygens (including phenoxy) is 2. The number of nitrogens with zero attached hydrogens (tertiary/aromatic N) is 1. The average molecular weight is 271 g/mol. The minimum absolute atomic E-state index is 0.651. The van der Waals surface area contributed by atoms with Crippen molar-refractivity contribution in [2.24, 2.45) is 4.99 Å². The molecule has 5 heteroatoms. The molecule has 0 saturated carbocycles. The molecular weight excluding hydrogens is 242 g/mol. The van der Waals surface area contributed by atoms with E-state index in [1.165, 1.54) is 0 Å². The Labute approximate surface area is 117 Å². The van der Waals surface area contributed by atoms with Gasteiger partial charge in [0, 0.05) is 33.4 Å². The number of rotatable bonds is 11. The molecule has 0 aromatic carbocycles. The predicted octanol–water partition coefficient (Wildman–Crippen LogP) is 1.56. The first-order valence-corrected chi connectivity index (χ1v) is 7.05. The zero-order chi connectivity index (χ0) is 14.2. The number of aliphatic imine (C=N–C) groups is 1. The highest BCUT2D eigenvalue weighted by Gasteiger charge is 1.95. The van der Waals surface area contributed by atoms with Gasteiger partial charge in [0.2, 0.25) is 0 Å². The smallest absolute Gasteiger partial charge is 0.191 e. The van der Waals surface area contributed by atoms with Crippen molar-refractivity contribution in [3.05, 3.63) is 12.2 Å². The SMILES string of the molecule is C/C=C/CCNC(=NCCCOCCOC)NCC. The van der Waals surface area contributed by atoms with Gasteiger partial charge in [0.05, 0.1) is 13.2 Å². The fourth-order valence-corrected chi connectivity index (χ4v) is 1.38. The van der Waals surface area contributed by atoms with E-state index in [4.69, 9.17) is 9.47 Å². The lowest BCUT2D eigenvalue weighted by Crippen LogP contribution is -2.37. The minimum atomic E-state index is 0.651. The topological polar surface area (TPSA) is 54.9 Å². The summed E-state index contributed by atoms with van der Waals surface area (Å²) in [5.74, 6) is 0.879. The van der Waals surface area contributed by atoms with Crippen molar-refractivity contribution in [3.8, 4) is 0 Å². The van der Waals surface area contributed by atoms with Crippen LogP contribution in [-0.2, 0) is 9.47 Å². The summed E-state index contributed by atoms with van der Waals surface area (Å²) >= 11 is 0. The van der Waals surface area contributed by atoms with Crippen molar-refractivity contribution in [2.45, 2.75) is 26.7 Å². The monoisotopic (exact) mass is 271 g/mol. The molecule has 0 aromatic heterocycles. The van der Waals surface area contributed by atoms with Crippen LogP contribution in [0.2, 0.25) is 0 Å². The third-order valence-corrected chi connectivity index (χ3v) is 2.33. The van der Waals surface area contributed by atoms with E-state index in [9.17, 15) is 0 Å². The number of hydrogen-bond donors (Lipinski definition) is 2. The molecule has 0 fully saturated rings. The number of methoxy groups -OCH3 is 1. The Balaban J connectivity index is 3.66. The molecule has 19 heavy (non-hydrogen) atoms. The summed E-state index contributed by atoms with van der Waals surface area (Å²) in [6, 6.07) is 0. The van der Waals surface area contributed by atoms with Crippen LogP contribution in [0.25, 0.3) is 0 Å². The maximum absolute atomic E-state index is 5.38. The molecule has 0 rings (SSSR count). The Morgan fingerprint density at radius 1 is 1.21 bits per heavy atom. The van der Waals surface area contributed by atoms with Gasteiger partial charge in [-0.05, 0) is 26.7 Å². The van der Waals surface area contributed by atoms with Gasteiger partial charge in [0.15, 0.2) is 5.96 Å². The summed E-state index contributed by atoms with van der Waals surface area (Å²) in [7, 11) is 1.68. The van der Waals surface area contributed by atoms with E-state index >= 15 is 0 Å². The van der Waals surface area contributed by atoms with Crippen LogP contribution >= 0.6 is 0 Å². The van der Waals surface area contributed by atoms with Crippen LogP contribution in [0.5, 0.6) is 0 Å². The molecule has 0 saturated heterocycles. The Kier molecular flexibility index (Phi) is 14.1. The molecule has 0 amide bonds. The summed E-state index contributed by atoms with van der Waals surface area (Å²) in [6.45, 7) is 8.68. The molecule has 0 heterocycles. The highest BCUT2D eigenvalue weighted by molar-refractivity contribution is 5.79. The zero-order valence-corrected chi connectivity index (χ0v) is 12.6. The molecule has 2 N–H and O–H groups in total. The average Bonchev–Trinajstić information content (AvgIpc) is 2.42. The van der Waals surface area contributed by atoms with Crippen LogP contribution in [-0.4, -0.2) is 52.5 Å². The molecule has 0 spiro atoms. The molecule has 0 radical (unpaired) electrons. The van der Waals surface area contributed by atoms with Crippen molar-refractivity contribution >= 4 is 5.96 Å². The fraction of sp³-hybridized carbons (Fsp3) is 0.786. The zero-order valence-electron chi connectivity index (χ0n) is 12.6. The molecule has 5 nitrogen and oxygen atoms in total. The van der Waals surface area contributed by atoms with Gasteiger partial charge in [0.1, 0.15) is 0 Å². The Bertz CT molecular complexity index is 243. The molecule has 0 aliphatic heterocycles. The second-order valence-corrected chi connectivity index (χ2v) is 4.00. The van der Waals surface area contributed by atoms with Crippen molar-refractivity contribution in [3.63, 3.8) is 0 Å². The predicted molar refractivity (Wildman–Crippen MR) is 80.7 cm³/mol. The van der Waals surface area contributed by atoms with Gasteiger partial charge in [-0.25, -0.2) is 0 Å². The number of hydrogen-bond acceptors (Lipinski definition) is 3. The summed E-state index contributed by atoms with van der Waals surface area (Å²) in [4.78, 5) is 4.49. The van der Waals surface area contributed by atoms with Gasteiger partial charge in [0.25, 0.3) is 0 Å². The molecule has 0 aliphatic rings. The largest absolute Gasteiger partial charge is 0.382 e. The number of nitrogens with one attached hydrogen (secondary N) is 2. The Morgan fingerprint density at radius 2 is 2.05 bits per heavy atom. The van der Waals surface area contributed by atoms with Crippen LogP contribution in [0.3, 0.4) is 0 Å². The lowest BCUT2D eigenvalue weighted by molar-refractivity contribution is 0.0702. The van der Waals surface area contributed by atoms with Gasteiger partial charge >= 0.3 is 0 Å². The number of allylic oxidation sites excluding steroid dienone is 1. The molecule has 0 unspecified atom stereocenters. The lowest BCUT2D eigenvalue weighted by Gasteiger charge is -2.10. The van der Waals surface area contributed by atoms with E-state index in [0.717, 1.165) is 45.0 Å². The van der Waals surface area contributed by atoms with Gasteiger partial charge in [-0.3, -0.25) is 4.99 Å². The standard InChI is InChI=1S/C14H29N3O2/c1-4-6-7-9-16-14(15-5-2)17-10-8-11-19-13-12-18-3/h4,6H,5,7-13H2,1-3H3,(H2,15,16,17)/b6-4+. The molecule has 0 bridgehead atoms. The van der Waals surface area contributed by atoms with E-state index in [1.807, 2.05) is 6.92 Å². The first-order chi connectivity index (χ1) is 9.35. The van der Waals surface area contributed by atoms with Crippen LogP contribution in [0, 0.1) is 0 Å². The van der Waals surface area contributed by atoms with E-state index in [0.29, 0.717) is 13.2 Å². The second kappa shape index (κ2) is 15.0. The highest BCUT2D eigenvalue weighted by Crippen LogP contribution is 1.86. The van der Waals surface area contributed by atoms with E-state index < -0.39 is 0 Å². The van der Waals surface area contributed by atoms with Crippen molar-refractivity contribution in [2.75, 3.05) is 46.6 Å². The first-order valence-electron chi connectivity index (χ1n) is 7.05. The Hall–Kier alpha value is -1.07. The lowest BCUT2D eigenvalue weighted by atomic mass is 10.4. The summed E-state index contributed by atoms with van der Waals surface area (Å²) in [5.41, 5.74) is 0. The maximum Gasteiger partial charge on any atom is 0.191 e. The third-order valence-electron chi connectivity index (χ3n) is 2.33. The molecule has 112 valence electrons. The normalized spacial score (nSPS) is 12.1. The van der Waals surface area contributed by atoms with Gasteiger partial charge in [-0.1, -0.05) is 12.2 Å². The van der Waals surface area contributed by atoms with Crippen molar-refractivity contribution in [1.82, 2.24) is 10.6 Å². The number of guanidine groups is 1. The Morgan fingerprint density at radius 3 is 2.74 bits per heavy atom. The van der Waals surface area contributed by atoms with Crippen LogP contribution in [0.4, 0.5) is 0 Å². The van der Waals surface area contributed by atoms with Crippen LogP contribution in [0.1, 0.15) is 26.7 Å². The van der Waals surface area contributed by atoms with E-state index in [2.05, 4.69) is 34.7 Å². The molecular formula is C14H29N3O2. The molecule has 0 aromatic rings. The van der Waals surface area contributed by atoms with Crippen LogP contribution in [0.15, 0.2) is 17.1 Å². The minimum Gasteiger partial charge on any atom is -0.382 e. The highest BCUT2D eigenvalue weighted by atomic mass is 16.5. The van der Waals surface area contributed by atoms with Gasteiger partial charge < -0.3 is 20.1 Å².